The monoisotopic (exact) mass is 386 g/mol. The lowest BCUT2D eigenvalue weighted by molar-refractivity contribution is -0.189. The fourth-order valence-electron chi connectivity index (χ4n) is 4.33. The SMILES string of the molecule is CC(C)N(Cc1ccccc1)C(=O)C1(C(=O)N2CCC3(CC2)OCCO3)CC1. The molecule has 1 aliphatic carbocycles. The summed E-state index contributed by atoms with van der Waals surface area (Å²) < 4.78 is 11.5. The zero-order valence-corrected chi connectivity index (χ0v) is 16.9. The minimum atomic E-state index is -0.860. The molecule has 0 N–H and O–H groups in total. The standard InChI is InChI=1S/C22H30N2O4/c1-17(2)24(16-18-6-4-3-5-7-18)20(26)21(8-9-21)19(25)23-12-10-22(11-13-23)27-14-15-28-22/h3-7,17H,8-16H2,1-2H3. The highest BCUT2D eigenvalue weighted by Crippen LogP contribution is 2.50. The van der Waals surface area contributed by atoms with E-state index in [-0.39, 0.29) is 17.9 Å². The number of carbonyl (C=O) groups is 2. The first-order valence-corrected chi connectivity index (χ1v) is 10.4. The van der Waals surface area contributed by atoms with Gasteiger partial charge in [-0.05, 0) is 32.3 Å². The van der Waals surface area contributed by atoms with Gasteiger partial charge in [-0.3, -0.25) is 9.59 Å². The van der Waals surface area contributed by atoms with Crippen molar-refractivity contribution < 1.29 is 19.1 Å². The van der Waals surface area contributed by atoms with Crippen LogP contribution in [0.1, 0.15) is 45.1 Å². The van der Waals surface area contributed by atoms with Crippen LogP contribution in [0, 0.1) is 5.41 Å². The number of piperidine rings is 1. The van der Waals surface area contributed by atoms with E-state index in [0.717, 1.165) is 5.56 Å². The van der Waals surface area contributed by atoms with E-state index < -0.39 is 11.2 Å². The van der Waals surface area contributed by atoms with Crippen LogP contribution in [-0.4, -0.2) is 59.7 Å². The Balaban J connectivity index is 1.44. The first kappa shape index (κ1) is 19.4. The number of hydrogen-bond donors (Lipinski definition) is 0. The largest absolute Gasteiger partial charge is 0.347 e. The van der Waals surface area contributed by atoms with Gasteiger partial charge in [0.2, 0.25) is 11.8 Å². The van der Waals surface area contributed by atoms with E-state index in [1.165, 1.54) is 0 Å². The van der Waals surface area contributed by atoms with Crippen LogP contribution in [0.5, 0.6) is 0 Å². The van der Waals surface area contributed by atoms with E-state index >= 15 is 0 Å². The maximum Gasteiger partial charge on any atom is 0.238 e. The molecule has 0 aromatic heterocycles. The van der Waals surface area contributed by atoms with Gasteiger partial charge in [0.15, 0.2) is 5.79 Å². The molecule has 152 valence electrons. The molecule has 6 heteroatoms. The summed E-state index contributed by atoms with van der Waals surface area (Å²) in [6.45, 7) is 7.00. The Hall–Kier alpha value is -1.92. The van der Waals surface area contributed by atoms with Crippen molar-refractivity contribution in [3.05, 3.63) is 35.9 Å². The molecule has 6 nitrogen and oxygen atoms in total. The molecular formula is C22H30N2O4. The van der Waals surface area contributed by atoms with E-state index in [1.54, 1.807) is 0 Å². The fraction of sp³-hybridized carbons (Fsp3) is 0.636. The summed E-state index contributed by atoms with van der Waals surface area (Å²) in [6.07, 6.45) is 2.66. The number of hydrogen-bond acceptors (Lipinski definition) is 4. The van der Waals surface area contributed by atoms with Crippen molar-refractivity contribution in [2.45, 2.75) is 57.9 Å². The molecule has 0 atom stereocenters. The van der Waals surface area contributed by atoms with Crippen molar-refractivity contribution in [2.24, 2.45) is 5.41 Å². The number of ether oxygens (including phenoxy) is 2. The van der Waals surface area contributed by atoms with Crippen LogP contribution < -0.4 is 0 Å². The van der Waals surface area contributed by atoms with Gasteiger partial charge < -0.3 is 19.3 Å². The average molecular weight is 386 g/mol. The van der Waals surface area contributed by atoms with Crippen LogP contribution in [0.3, 0.4) is 0 Å². The zero-order valence-electron chi connectivity index (χ0n) is 16.9. The van der Waals surface area contributed by atoms with E-state index in [4.69, 9.17) is 9.47 Å². The van der Waals surface area contributed by atoms with Gasteiger partial charge in [-0.2, -0.15) is 0 Å². The maximum absolute atomic E-state index is 13.4. The molecule has 1 saturated carbocycles. The number of benzene rings is 1. The molecule has 1 spiro atoms. The van der Waals surface area contributed by atoms with Gasteiger partial charge in [0, 0.05) is 38.5 Å². The van der Waals surface area contributed by atoms with Crippen molar-refractivity contribution in [1.82, 2.24) is 9.80 Å². The van der Waals surface area contributed by atoms with Gasteiger partial charge in [0.1, 0.15) is 5.41 Å². The third kappa shape index (κ3) is 3.55. The highest BCUT2D eigenvalue weighted by atomic mass is 16.7. The quantitative estimate of drug-likeness (QED) is 0.730. The lowest BCUT2D eigenvalue weighted by atomic mass is 9.97. The van der Waals surface area contributed by atoms with Gasteiger partial charge in [-0.1, -0.05) is 30.3 Å². The summed E-state index contributed by atoms with van der Waals surface area (Å²) in [4.78, 5) is 30.4. The Morgan fingerprint density at radius 1 is 1.04 bits per heavy atom. The van der Waals surface area contributed by atoms with Crippen LogP contribution in [-0.2, 0) is 25.6 Å². The maximum atomic E-state index is 13.4. The number of likely N-dealkylation sites (tertiary alicyclic amines) is 1. The fourth-order valence-corrected chi connectivity index (χ4v) is 4.33. The van der Waals surface area contributed by atoms with Gasteiger partial charge in [0.05, 0.1) is 13.2 Å². The first-order chi connectivity index (χ1) is 13.5. The number of amides is 2. The third-order valence-electron chi connectivity index (χ3n) is 6.27. The molecule has 0 bridgehead atoms. The molecule has 2 saturated heterocycles. The Morgan fingerprint density at radius 3 is 2.18 bits per heavy atom. The lowest BCUT2D eigenvalue weighted by Gasteiger charge is -2.39. The van der Waals surface area contributed by atoms with E-state index in [2.05, 4.69) is 0 Å². The summed E-state index contributed by atoms with van der Waals surface area (Å²) >= 11 is 0. The summed E-state index contributed by atoms with van der Waals surface area (Å²) in [5, 5.41) is 0. The van der Waals surface area contributed by atoms with E-state index in [0.29, 0.717) is 58.5 Å². The molecule has 28 heavy (non-hydrogen) atoms. The van der Waals surface area contributed by atoms with Crippen LogP contribution >= 0.6 is 0 Å². The molecule has 0 radical (unpaired) electrons. The highest BCUT2D eigenvalue weighted by molar-refractivity contribution is 6.08. The molecule has 2 amide bonds. The minimum absolute atomic E-state index is 0.0101. The summed E-state index contributed by atoms with van der Waals surface area (Å²) in [5.41, 5.74) is 0.226. The van der Waals surface area contributed by atoms with Crippen LogP contribution in [0.2, 0.25) is 0 Å². The number of carbonyl (C=O) groups excluding carboxylic acids is 2. The van der Waals surface area contributed by atoms with Crippen LogP contribution in [0.25, 0.3) is 0 Å². The predicted molar refractivity (Wildman–Crippen MR) is 104 cm³/mol. The van der Waals surface area contributed by atoms with Crippen LogP contribution in [0.4, 0.5) is 0 Å². The first-order valence-electron chi connectivity index (χ1n) is 10.4. The molecular weight excluding hydrogens is 356 g/mol. The average Bonchev–Trinajstić information content (AvgIpc) is 3.41. The number of nitrogens with zero attached hydrogens (tertiary/aromatic N) is 2. The Bertz CT molecular complexity index is 713. The molecule has 2 heterocycles. The van der Waals surface area contributed by atoms with Gasteiger partial charge in [0.25, 0.3) is 0 Å². The molecule has 2 aliphatic heterocycles. The van der Waals surface area contributed by atoms with Crippen molar-refractivity contribution >= 4 is 11.8 Å². The molecule has 1 aromatic carbocycles. The van der Waals surface area contributed by atoms with E-state index in [9.17, 15) is 9.59 Å². The smallest absolute Gasteiger partial charge is 0.238 e. The number of rotatable bonds is 5. The second kappa shape index (κ2) is 7.48. The molecule has 3 fully saturated rings. The van der Waals surface area contributed by atoms with Crippen molar-refractivity contribution in [1.29, 1.82) is 0 Å². The normalized spacial score (nSPS) is 22.5. The highest BCUT2D eigenvalue weighted by Gasteiger charge is 2.60. The Kier molecular flexibility index (Phi) is 5.19. The second-order valence-corrected chi connectivity index (χ2v) is 8.49. The molecule has 3 aliphatic rings. The van der Waals surface area contributed by atoms with Crippen molar-refractivity contribution in [3.8, 4) is 0 Å². The van der Waals surface area contributed by atoms with Crippen molar-refractivity contribution in [2.75, 3.05) is 26.3 Å². The lowest BCUT2D eigenvalue weighted by Crippen LogP contribution is -2.53. The molecule has 0 unspecified atom stereocenters. The summed E-state index contributed by atoms with van der Waals surface area (Å²) in [6, 6.07) is 10.0. The summed E-state index contributed by atoms with van der Waals surface area (Å²) in [7, 11) is 0. The molecule has 4 rings (SSSR count). The van der Waals surface area contributed by atoms with Gasteiger partial charge >= 0.3 is 0 Å². The Labute approximate surface area is 166 Å². The molecule has 1 aromatic rings. The topological polar surface area (TPSA) is 59.1 Å². The zero-order chi connectivity index (χ0) is 19.8. The summed E-state index contributed by atoms with van der Waals surface area (Å²) in [5.74, 6) is -0.538. The Morgan fingerprint density at radius 2 is 1.64 bits per heavy atom. The minimum Gasteiger partial charge on any atom is -0.347 e. The second-order valence-electron chi connectivity index (χ2n) is 8.49. The van der Waals surface area contributed by atoms with E-state index in [1.807, 2.05) is 54.0 Å². The third-order valence-corrected chi connectivity index (χ3v) is 6.27. The van der Waals surface area contributed by atoms with Gasteiger partial charge in [-0.25, -0.2) is 0 Å². The van der Waals surface area contributed by atoms with Gasteiger partial charge in [-0.15, -0.1) is 0 Å². The van der Waals surface area contributed by atoms with Crippen LogP contribution in [0.15, 0.2) is 30.3 Å². The van der Waals surface area contributed by atoms with Crippen molar-refractivity contribution in [3.63, 3.8) is 0 Å². The predicted octanol–water partition coefficient (Wildman–Crippen LogP) is 2.57.